The molecule has 1 aliphatic rings. The van der Waals surface area contributed by atoms with Crippen LogP contribution in [0.4, 0.5) is 0 Å². The molecule has 2 heterocycles. The summed E-state index contributed by atoms with van der Waals surface area (Å²) in [7, 11) is 0. The van der Waals surface area contributed by atoms with E-state index in [-0.39, 0.29) is 5.97 Å². The fourth-order valence-electron chi connectivity index (χ4n) is 3.75. The normalized spacial score (nSPS) is 20.2. The van der Waals surface area contributed by atoms with Gasteiger partial charge in [-0.05, 0) is 56.5 Å². The van der Waals surface area contributed by atoms with Gasteiger partial charge in [-0.25, -0.2) is 0 Å². The number of hydrogen-bond acceptors (Lipinski definition) is 5. The highest BCUT2D eigenvalue weighted by Gasteiger charge is 2.43. The van der Waals surface area contributed by atoms with Crippen LogP contribution in [0.3, 0.4) is 0 Å². The van der Waals surface area contributed by atoms with Crippen molar-refractivity contribution in [3.05, 3.63) is 60.4 Å². The minimum Gasteiger partial charge on any atom is -0.494 e. The maximum Gasteiger partial charge on any atom is 0.313 e. The van der Waals surface area contributed by atoms with Crippen molar-refractivity contribution in [2.24, 2.45) is 5.41 Å². The van der Waals surface area contributed by atoms with Gasteiger partial charge in [0.05, 0.1) is 18.6 Å². The number of carbonyl (C=O) groups is 1. The molecule has 0 N–H and O–H groups in total. The number of pyridine rings is 1. The van der Waals surface area contributed by atoms with Crippen LogP contribution in [0.25, 0.3) is 0 Å². The second kappa shape index (κ2) is 9.51. The van der Waals surface area contributed by atoms with Crippen LogP contribution in [0.5, 0.6) is 5.75 Å². The average Bonchev–Trinajstić information content (AvgIpc) is 2.70. The molecule has 2 aromatic rings. The number of carbonyl (C=O) groups excluding carboxylic acids is 1. The summed E-state index contributed by atoms with van der Waals surface area (Å²) in [6.45, 7) is 5.25. The summed E-state index contributed by atoms with van der Waals surface area (Å²) in [4.78, 5) is 19.4. The maximum absolute atomic E-state index is 12.8. The summed E-state index contributed by atoms with van der Waals surface area (Å²) in [5.74, 6) is 0.733. The van der Waals surface area contributed by atoms with Crippen molar-refractivity contribution in [2.45, 2.75) is 32.7 Å². The molecule has 27 heavy (non-hydrogen) atoms. The highest BCUT2D eigenvalue weighted by molar-refractivity contribution is 5.77. The second-order valence-electron chi connectivity index (χ2n) is 7.09. The van der Waals surface area contributed by atoms with Crippen LogP contribution in [0.1, 0.15) is 31.7 Å². The Morgan fingerprint density at radius 3 is 2.81 bits per heavy atom. The summed E-state index contributed by atoms with van der Waals surface area (Å²) in [6.07, 6.45) is 6.14. The van der Waals surface area contributed by atoms with Crippen molar-refractivity contribution in [3.8, 4) is 5.75 Å². The molecule has 0 radical (unpaired) electrons. The molecule has 0 amide bonds. The van der Waals surface area contributed by atoms with Crippen molar-refractivity contribution in [1.29, 1.82) is 0 Å². The predicted octanol–water partition coefficient (Wildman–Crippen LogP) is 3.70. The smallest absolute Gasteiger partial charge is 0.313 e. The van der Waals surface area contributed by atoms with Gasteiger partial charge in [0.1, 0.15) is 5.75 Å². The average molecular weight is 368 g/mol. The molecule has 0 unspecified atom stereocenters. The number of piperidine rings is 1. The van der Waals surface area contributed by atoms with E-state index in [1.165, 1.54) is 0 Å². The predicted molar refractivity (Wildman–Crippen MR) is 104 cm³/mol. The topological polar surface area (TPSA) is 51.7 Å². The van der Waals surface area contributed by atoms with E-state index in [9.17, 15) is 4.79 Å². The molecule has 1 aromatic carbocycles. The number of rotatable bonds is 8. The third-order valence-corrected chi connectivity index (χ3v) is 5.09. The van der Waals surface area contributed by atoms with Gasteiger partial charge in [0.15, 0.2) is 0 Å². The van der Waals surface area contributed by atoms with E-state index >= 15 is 0 Å². The Bertz CT molecular complexity index is 708. The van der Waals surface area contributed by atoms with Gasteiger partial charge in [-0.15, -0.1) is 0 Å². The largest absolute Gasteiger partial charge is 0.494 e. The zero-order valence-electron chi connectivity index (χ0n) is 16.0. The first-order valence-corrected chi connectivity index (χ1v) is 9.68. The zero-order valence-corrected chi connectivity index (χ0v) is 16.0. The molecular formula is C22H28N2O3. The summed E-state index contributed by atoms with van der Waals surface area (Å²) in [6, 6.07) is 13.8. The van der Waals surface area contributed by atoms with E-state index in [0.29, 0.717) is 26.2 Å². The number of esters is 1. The highest BCUT2D eigenvalue weighted by Crippen LogP contribution is 2.36. The van der Waals surface area contributed by atoms with Gasteiger partial charge < -0.3 is 9.47 Å². The first kappa shape index (κ1) is 19.4. The third-order valence-electron chi connectivity index (χ3n) is 5.09. The summed E-state index contributed by atoms with van der Waals surface area (Å²) >= 11 is 0. The lowest BCUT2D eigenvalue weighted by molar-refractivity contribution is -0.160. The SMILES string of the molecule is CCOC(=O)[C@@]1(CCOc2ccccc2)CCCN(Cc2cccnc2)C1. The van der Waals surface area contributed by atoms with Gasteiger partial charge in [-0.3, -0.25) is 14.7 Å². The van der Waals surface area contributed by atoms with Crippen LogP contribution in [0.15, 0.2) is 54.9 Å². The molecular weight excluding hydrogens is 340 g/mol. The van der Waals surface area contributed by atoms with Crippen molar-refractivity contribution in [2.75, 3.05) is 26.3 Å². The second-order valence-corrected chi connectivity index (χ2v) is 7.09. The molecule has 1 fully saturated rings. The Hall–Kier alpha value is -2.40. The first-order valence-electron chi connectivity index (χ1n) is 9.68. The van der Waals surface area contributed by atoms with Gasteiger partial charge in [-0.2, -0.15) is 0 Å². The summed E-state index contributed by atoms with van der Waals surface area (Å²) < 4.78 is 11.3. The van der Waals surface area contributed by atoms with Crippen LogP contribution in [0.2, 0.25) is 0 Å². The van der Waals surface area contributed by atoms with Crippen LogP contribution in [0, 0.1) is 5.41 Å². The minimum absolute atomic E-state index is 0.0995. The monoisotopic (exact) mass is 368 g/mol. The van der Waals surface area contributed by atoms with Crippen LogP contribution < -0.4 is 4.74 Å². The van der Waals surface area contributed by atoms with E-state index in [1.807, 2.05) is 49.5 Å². The van der Waals surface area contributed by atoms with E-state index in [1.54, 1.807) is 6.20 Å². The zero-order chi connectivity index (χ0) is 19.0. The van der Waals surface area contributed by atoms with E-state index < -0.39 is 5.41 Å². The number of hydrogen-bond donors (Lipinski definition) is 0. The number of likely N-dealkylation sites (tertiary alicyclic amines) is 1. The van der Waals surface area contributed by atoms with Gasteiger partial charge in [0.25, 0.3) is 0 Å². The number of ether oxygens (including phenoxy) is 2. The fraction of sp³-hybridized carbons (Fsp3) is 0.455. The minimum atomic E-state index is -0.509. The Labute approximate surface area is 161 Å². The van der Waals surface area contributed by atoms with Crippen molar-refractivity contribution in [3.63, 3.8) is 0 Å². The molecule has 5 heteroatoms. The summed E-state index contributed by atoms with van der Waals surface area (Å²) in [5.41, 5.74) is 0.656. The Morgan fingerprint density at radius 2 is 2.07 bits per heavy atom. The van der Waals surface area contributed by atoms with Gasteiger partial charge in [0, 0.05) is 25.5 Å². The Morgan fingerprint density at radius 1 is 1.22 bits per heavy atom. The third kappa shape index (κ3) is 5.30. The van der Waals surface area contributed by atoms with Gasteiger partial charge >= 0.3 is 5.97 Å². The molecule has 0 saturated carbocycles. The lowest BCUT2D eigenvalue weighted by Crippen LogP contribution is -2.49. The molecule has 1 aromatic heterocycles. The van der Waals surface area contributed by atoms with Crippen LogP contribution in [-0.2, 0) is 16.1 Å². The fourth-order valence-corrected chi connectivity index (χ4v) is 3.75. The molecule has 0 bridgehead atoms. The molecule has 0 aliphatic carbocycles. The molecule has 144 valence electrons. The quantitative estimate of drug-likeness (QED) is 0.665. The number of aromatic nitrogens is 1. The van der Waals surface area contributed by atoms with Crippen molar-refractivity contribution in [1.82, 2.24) is 9.88 Å². The Kier molecular flexibility index (Phi) is 6.82. The first-order chi connectivity index (χ1) is 13.2. The standard InChI is InChI=1S/C22H28N2O3/c1-2-26-21(25)22(12-15-27-20-9-4-3-5-10-20)11-7-14-24(18-22)17-19-8-6-13-23-16-19/h3-6,8-10,13,16H,2,7,11-12,14-15,17-18H2,1H3/t22-/m1/s1. The van der Waals surface area contributed by atoms with Crippen LogP contribution >= 0.6 is 0 Å². The van der Waals surface area contributed by atoms with E-state index in [4.69, 9.17) is 9.47 Å². The molecule has 1 saturated heterocycles. The lowest BCUT2D eigenvalue weighted by Gasteiger charge is -2.41. The van der Waals surface area contributed by atoms with Crippen molar-refractivity contribution < 1.29 is 14.3 Å². The van der Waals surface area contributed by atoms with Crippen molar-refractivity contribution >= 4 is 5.97 Å². The summed E-state index contributed by atoms with van der Waals surface area (Å²) in [5, 5.41) is 0. The van der Waals surface area contributed by atoms with E-state index in [2.05, 4.69) is 16.0 Å². The molecule has 0 spiro atoms. The molecule has 1 aliphatic heterocycles. The maximum atomic E-state index is 12.8. The van der Waals surface area contributed by atoms with E-state index in [0.717, 1.165) is 37.2 Å². The lowest BCUT2D eigenvalue weighted by atomic mass is 9.77. The number of para-hydroxylation sites is 1. The highest BCUT2D eigenvalue weighted by atomic mass is 16.5. The van der Waals surface area contributed by atoms with Gasteiger partial charge in [0.2, 0.25) is 0 Å². The van der Waals surface area contributed by atoms with Gasteiger partial charge in [-0.1, -0.05) is 24.3 Å². The number of nitrogens with zero attached hydrogens (tertiary/aromatic N) is 2. The van der Waals surface area contributed by atoms with Crippen LogP contribution in [-0.4, -0.2) is 42.2 Å². The number of benzene rings is 1. The Balaban J connectivity index is 1.66. The molecule has 3 rings (SSSR count). The molecule has 1 atom stereocenters. The molecule has 5 nitrogen and oxygen atoms in total.